The van der Waals surface area contributed by atoms with Crippen LogP contribution >= 0.6 is 11.6 Å². The van der Waals surface area contributed by atoms with Crippen LogP contribution < -0.4 is 0 Å². The standard InChI is InChI=1S/C11H11ClN2O/c12-8-3-4-11-13-9(7-14(11)6-8)10-2-1-5-15-10/h3-4,6-7,10H,1-2,5H2. The molecule has 1 unspecified atom stereocenters. The maximum atomic E-state index is 5.91. The molecule has 0 spiro atoms. The Morgan fingerprint density at radius 2 is 2.33 bits per heavy atom. The van der Waals surface area contributed by atoms with Crippen LogP contribution in [0.15, 0.2) is 24.5 Å². The molecular formula is C11H11ClN2O. The lowest BCUT2D eigenvalue weighted by atomic mass is 10.2. The second-order valence-electron chi connectivity index (χ2n) is 3.78. The van der Waals surface area contributed by atoms with E-state index in [1.807, 2.05) is 28.9 Å². The SMILES string of the molecule is Clc1ccc2nc(C3CCCO3)cn2c1. The number of hydrogen-bond donors (Lipinski definition) is 0. The van der Waals surface area contributed by atoms with Crippen LogP contribution in [0.2, 0.25) is 5.02 Å². The summed E-state index contributed by atoms with van der Waals surface area (Å²) in [6.07, 6.45) is 6.22. The third kappa shape index (κ3) is 1.62. The van der Waals surface area contributed by atoms with E-state index in [0.717, 1.165) is 35.8 Å². The highest BCUT2D eigenvalue weighted by atomic mass is 35.5. The van der Waals surface area contributed by atoms with Crippen molar-refractivity contribution in [2.24, 2.45) is 0 Å². The van der Waals surface area contributed by atoms with Crippen LogP contribution in [-0.4, -0.2) is 16.0 Å². The van der Waals surface area contributed by atoms with Gasteiger partial charge in [0.25, 0.3) is 0 Å². The molecule has 0 aliphatic carbocycles. The Labute approximate surface area is 92.6 Å². The summed E-state index contributed by atoms with van der Waals surface area (Å²) in [7, 11) is 0. The summed E-state index contributed by atoms with van der Waals surface area (Å²) in [6, 6.07) is 3.77. The zero-order chi connectivity index (χ0) is 10.3. The van der Waals surface area contributed by atoms with Crippen molar-refractivity contribution in [2.45, 2.75) is 18.9 Å². The molecule has 1 fully saturated rings. The number of pyridine rings is 1. The molecule has 1 atom stereocenters. The van der Waals surface area contributed by atoms with Gasteiger partial charge in [-0.05, 0) is 25.0 Å². The first kappa shape index (κ1) is 9.19. The molecule has 78 valence electrons. The maximum absolute atomic E-state index is 5.91. The number of halogens is 1. The van der Waals surface area contributed by atoms with Crippen LogP contribution in [0.4, 0.5) is 0 Å². The van der Waals surface area contributed by atoms with E-state index in [1.165, 1.54) is 0 Å². The molecule has 1 aliphatic rings. The van der Waals surface area contributed by atoms with E-state index < -0.39 is 0 Å². The maximum Gasteiger partial charge on any atom is 0.137 e. The first-order chi connectivity index (χ1) is 7.33. The predicted molar refractivity (Wildman–Crippen MR) is 58.1 cm³/mol. The van der Waals surface area contributed by atoms with E-state index in [1.54, 1.807) is 0 Å². The van der Waals surface area contributed by atoms with E-state index in [-0.39, 0.29) is 6.10 Å². The number of rotatable bonds is 1. The van der Waals surface area contributed by atoms with Gasteiger partial charge in [0.2, 0.25) is 0 Å². The molecule has 1 aliphatic heterocycles. The van der Waals surface area contributed by atoms with Gasteiger partial charge in [-0.1, -0.05) is 11.6 Å². The Kier molecular flexibility index (Phi) is 2.15. The topological polar surface area (TPSA) is 26.5 Å². The van der Waals surface area contributed by atoms with Gasteiger partial charge in [-0.15, -0.1) is 0 Å². The highest BCUT2D eigenvalue weighted by Gasteiger charge is 2.20. The molecule has 2 aromatic heterocycles. The fourth-order valence-electron chi connectivity index (χ4n) is 1.95. The molecular weight excluding hydrogens is 212 g/mol. The molecule has 2 aromatic rings. The summed E-state index contributed by atoms with van der Waals surface area (Å²) in [4.78, 5) is 4.52. The smallest absolute Gasteiger partial charge is 0.137 e. The van der Waals surface area contributed by atoms with Crippen LogP contribution in [-0.2, 0) is 4.74 Å². The van der Waals surface area contributed by atoms with Crippen LogP contribution in [0.1, 0.15) is 24.6 Å². The quantitative estimate of drug-likeness (QED) is 0.742. The van der Waals surface area contributed by atoms with Crippen molar-refractivity contribution < 1.29 is 4.74 Å². The Balaban J connectivity index is 2.05. The van der Waals surface area contributed by atoms with Crippen molar-refractivity contribution in [3.05, 3.63) is 35.2 Å². The van der Waals surface area contributed by atoms with Gasteiger partial charge < -0.3 is 9.14 Å². The largest absolute Gasteiger partial charge is 0.372 e. The second-order valence-corrected chi connectivity index (χ2v) is 4.22. The molecule has 0 bridgehead atoms. The molecule has 1 saturated heterocycles. The molecule has 0 saturated carbocycles. The third-order valence-electron chi connectivity index (χ3n) is 2.69. The van der Waals surface area contributed by atoms with Crippen LogP contribution in [0.25, 0.3) is 5.65 Å². The van der Waals surface area contributed by atoms with Crippen molar-refractivity contribution in [1.29, 1.82) is 0 Å². The minimum atomic E-state index is 0.170. The van der Waals surface area contributed by atoms with Crippen molar-refractivity contribution in [3.8, 4) is 0 Å². The highest BCUT2D eigenvalue weighted by molar-refractivity contribution is 6.30. The van der Waals surface area contributed by atoms with Crippen molar-refractivity contribution in [2.75, 3.05) is 6.61 Å². The minimum Gasteiger partial charge on any atom is -0.372 e. The summed E-state index contributed by atoms with van der Waals surface area (Å²) in [5.41, 5.74) is 1.93. The van der Waals surface area contributed by atoms with Gasteiger partial charge in [0.05, 0.1) is 10.7 Å². The first-order valence-electron chi connectivity index (χ1n) is 5.09. The summed E-state index contributed by atoms with van der Waals surface area (Å²) < 4.78 is 7.53. The number of aromatic nitrogens is 2. The van der Waals surface area contributed by atoms with Gasteiger partial charge in [0, 0.05) is 19.0 Å². The fourth-order valence-corrected chi connectivity index (χ4v) is 2.12. The number of imidazole rings is 1. The Morgan fingerprint density at radius 3 is 3.13 bits per heavy atom. The normalized spacial score (nSPS) is 21.3. The minimum absolute atomic E-state index is 0.170. The zero-order valence-corrected chi connectivity index (χ0v) is 8.94. The molecule has 0 amide bonds. The first-order valence-corrected chi connectivity index (χ1v) is 5.46. The molecule has 15 heavy (non-hydrogen) atoms. The zero-order valence-electron chi connectivity index (χ0n) is 8.19. The van der Waals surface area contributed by atoms with Gasteiger partial charge in [0.15, 0.2) is 0 Å². The Hall–Kier alpha value is -1.06. The van der Waals surface area contributed by atoms with Crippen molar-refractivity contribution >= 4 is 17.2 Å². The Morgan fingerprint density at radius 1 is 1.40 bits per heavy atom. The number of fused-ring (bicyclic) bond motifs is 1. The van der Waals surface area contributed by atoms with Gasteiger partial charge in [0.1, 0.15) is 11.8 Å². The van der Waals surface area contributed by atoms with Gasteiger partial charge in [-0.3, -0.25) is 0 Å². The number of ether oxygens (including phenoxy) is 1. The average molecular weight is 223 g/mol. The van der Waals surface area contributed by atoms with E-state index in [2.05, 4.69) is 4.98 Å². The second kappa shape index (κ2) is 3.51. The predicted octanol–water partition coefficient (Wildman–Crippen LogP) is 2.84. The lowest BCUT2D eigenvalue weighted by Gasteiger charge is -2.03. The monoisotopic (exact) mass is 222 g/mol. The van der Waals surface area contributed by atoms with Crippen molar-refractivity contribution in [3.63, 3.8) is 0 Å². The van der Waals surface area contributed by atoms with Gasteiger partial charge >= 0.3 is 0 Å². The lowest BCUT2D eigenvalue weighted by Crippen LogP contribution is -1.94. The number of hydrogen-bond acceptors (Lipinski definition) is 2. The van der Waals surface area contributed by atoms with E-state index in [4.69, 9.17) is 16.3 Å². The molecule has 4 heteroatoms. The van der Waals surface area contributed by atoms with Gasteiger partial charge in [-0.2, -0.15) is 0 Å². The Bertz CT molecular complexity index is 488. The van der Waals surface area contributed by atoms with Crippen LogP contribution in [0.5, 0.6) is 0 Å². The molecule has 0 N–H and O–H groups in total. The molecule has 3 rings (SSSR count). The number of nitrogens with zero attached hydrogens (tertiary/aromatic N) is 2. The molecule has 0 aromatic carbocycles. The summed E-state index contributed by atoms with van der Waals surface area (Å²) in [5, 5.41) is 0.721. The van der Waals surface area contributed by atoms with E-state index >= 15 is 0 Å². The molecule has 3 heterocycles. The molecule has 0 radical (unpaired) electrons. The van der Waals surface area contributed by atoms with Crippen molar-refractivity contribution in [1.82, 2.24) is 9.38 Å². The van der Waals surface area contributed by atoms with Crippen LogP contribution in [0, 0.1) is 0 Å². The van der Waals surface area contributed by atoms with Crippen LogP contribution in [0.3, 0.4) is 0 Å². The summed E-state index contributed by atoms with van der Waals surface area (Å²) in [6.45, 7) is 0.847. The highest BCUT2D eigenvalue weighted by Crippen LogP contribution is 2.28. The van der Waals surface area contributed by atoms with E-state index in [0.29, 0.717) is 0 Å². The third-order valence-corrected chi connectivity index (χ3v) is 2.92. The molecule has 3 nitrogen and oxygen atoms in total. The fraction of sp³-hybridized carbons (Fsp3) is 0.364. The summed E-state index contributed by atoms with van der Waals surface area (Å²) >= 11 is 5.91. The van der Waals surface area contributed by atoms with Gasteiger partial charge in [-0.25, -0.2) is 4.98 Å². The lowest BCUT2D eigenvalue weighted by molar-refractivity contribution is 0.109. The summed E-state index contributed by atoms with van der Waals surface area (Å²) in [5.74, 6) is 0. The van der Waals surface area contributed by atoms with E-state index in [9.17, 15) is 0 Å². The average Bonchev–Trinajstić information content (AvgIpc) is 2.84.